The summed E-state index contributed by atoms with van der Waals surface area (Å²) in [4.78, 5) is 6.75. The molecule has 0 aliphatic rings. The number of pyridine rings is 1. The molecule has 5 heteroatoms. The molecule has 0 amide bonds. The fourth-order valence-electron chi connectivity index (χ4n) is 4.61. The lowest BCUT2D eigenvalue weighted by Gasteiger charge is -2.39. The van der Waals surface area contributed by atoms with E-state index < -0.39 is 11.5 Å². The first kappa shape index (κ1) is 24.9. The lowest BCUT2D eigenvalue weighted by molar-refractivity contribution is 0.00377. The topological polar surface area (TPSA) is 45.6 Å². The number of nitrogens with zero attached hydrogens (tertiary/aromatic N) is 2. The number of methoxy groups -OCH3 is 1. The predicted octanol–water partition coefficient (Wildman–Crippen LogP) is 6.38. The van der Waals surface area contributed by atoms with Gasteiger partial charge in [0.05, 0.1) is 7.11 Å². The third kappa shape index (κ3) is 5.57. The van der Waals surface area contributed by atoms with Gasteiger partial charge in [0.1, 0.15) is 5.60 Å². The summed E-state index contributed by atoms with van der Waals surface area (Å²) < 4.78 is 5.76. The van der Waals surface area contributed by atoms with E-state index in [0.29, 0.717) is 23.9 Å². The van der Waals surface area contributed by atoms with E-state index in [9.17, 15) is 5.11 Å². The number of hydrogen-bond acceptors (Lipinski definition) is 4. The van der Waals surface area contributed by atoms with Gasteiger partial charge in [0.2, 0.25) is 5.88 Å². The van der Waals surface area contributed by atoms with Crippen molar-refractivity contribution in [2.75, 3.05) is 27.7 Å². The van der Waals surface area contributed by atoms with Crippen LogP contribution in [-0.4, -0.2) is 42.7 Å². The van der Waals surface area contributed by atoms with Crippen LogP contribution in [0.2, 0.25) is 5.02 Å². The van der Waals surface area contributed by atoms with Crippen molar-refractivity contribution in [2.45, 2.75) is 17.9 Å². The Morgan fingerprint density at radius 3 is 2.23 bits per heavy atom. The molecule has 4 rings (SSSR count). The zero-order chi connectivity index (χ0) is 24.8. The average Bonchev–Trinajstić information content (AvgIpc) is 2.88. The molecule has 1 N–H and O–H groups in total. The van der Waals surface area contributed by atoms with Crippen LogP contribution in [0.3, 0.4) is 0 Å². The van der Waals surface area contributed by atoms with Crippen molar-refractivity contribution in [3.8, 4) is 17.0 Å². The van der Waals surface area contributed by atoms with Gasteiger partial charge >= 0.3 is 0 Å². The number of hydrogen-bond donors (Lipinski definition) is 1. The molecule has 0 radical (unpaired) electrons. The molecule has 4 nitrogen and oxygen atoms in total. The molecule has 1 aromatic heterocycles. The van der Waals surface area contributed by atoms with Gasteiger partial charge < -0.3 is 14.7 Å². The van der Waals surface area contributed by atoms with Crippen molar-refractivity contribution in [3.05, 3.63) is 119 Å². The summed E-state index contributed by atoms with van der Waals surface area (Å²) >= 11 is 6.46. The fraction of sp³-hybridized carbons (Fsp3) is 0.233. The lowest BCUT2D eigenvalue weighted by Crippen LogP contribution is -2.37. The van der Waals surface area contributed by atoms with E-state index in [0.717, 1.165) is 27.8 Å². The second kappa shape index (κ2) is 11.0. The molecule has 0 fully saturated rings. The quantitative estimate of drug-likeness (QED) is 0.298. The van der Waals surface area contributed by atoms with Crippen LogP contribution in [0.4, 0.5) is 0 Å². The molecule has 0 spiro atoms. The fourth-order valence-corrected chi connectivity index (χ4v) is 4.81. The summed E-state index contributed by atoms with van der Waals surface area (Å²) in [5, 5.41) is 13.2. The van der Waals surface area contributed by atoms with Crippen LogP contribution in [0.5, 0.6) is 5.88 Å². The number of rotatable bonds is 9. The molecule has 3 aromatic carbocycles. The molecule has 2 unspecified atom stereocenters. The highest BCUT2D eigenvalue weighted by molar-refractivity contribution is 6.30. The van der Waals surface area contributed by atoms with Crippen molar-refractivity contribution in [1.82, 2.24) is 9.88 Å². The summed E-state index contributed by atoms with van der Waals surface area (Å²) in [6.45, 7) is 0.691. The minimum atomic E-state index is -1.25. The molecule has 0 aliphatic heterocycles. The van der Waals surface area contributed by atoms with Gasteiger partial charge in [0, 0.05) is 34.8 Å². The van der Waals surface area contributed by atoms with E-state index in [4.69, 9.17) is 16.3 Å². The molecule has 1 heterocycles. The molecular weight excluding hydrogens is 456 g/mol. The Labute approximate surface area is 212 Å². The lowest BCUT2D eigenvalue weighted by atomic mass is 9.71. The van der Waals surface area contributed by atoms with Crippen LogP contribution in [0, 0.1) is 0 Å². The SMILES string of the molecule is COc1ncc(-c2ccccc2)cc1C(c1cccc(Cl)c1)C(O)(CCN(C)C)c1ccccc1. The maximum atomic E-state index is 12.6. The van der Waals surface area contributed by atoms with E-state index >= 15 is 0 Å². The molecule has 0 saturated carbocycles. The highest BCUT2D eigenvalue weighted by atomic mass is 35.5. The Balaban J connectivity index is 1.99. The highest BCUT2D eigenvalue weighted by Gasteiger charge is 2.42. The number of halogens is 1. The zero-order valence-electron chi connectivity index (χ0n) is 20.4. The molecule has 0 aliphatic carbocycles. The third-order valence-electron chi connectivity index (χ3n) is 6.36. The van der Waals surface area contributed by atoms with E-state index in [1.54, 1.807) is 7.11 Å². The first-order chi connectivity index (χ1) is 16.9. The first-order valence-electron chi connectivity index (χ1n) is 11.7. The second-order valence-corrected chi connectivity index (χ2v) is 9.46. The van der Waals surface area contributed by atoms with E-state index in [1.165, 1.54) is 0 Å². The van der Waals surface area contributed by atoms with Gasteiger partial charge in [0.25, 0.3) is 0 Å². The first-order valence-corrected chi connectivity index (χ1v) is 12.1. The van der Waals surface area contributed by atoms with Crippen LogP contribution in [0.1, 0.15) is 29.0 Å². The Hall–Kier alpha value is -3.18. The van der Waals surface area contributed by atoms with Crippen molar-refractivity contribution in [1.29, 1.82) is 0 Å². The number of aromatic nitrogens is 1. The minimum absolute atomic E-state index is 0.477. The summed E-state index contributed by atoms with van der Waals surface area (Å²) in [5.41, 5.74) is 3.29. The van der Waals surface area contributed by atoms with Gasteiger partial charge in [0.15, 0.2) is 0 Å². The van der Waals surface area contributed by atoms with E-state index in [2.05, 4.69) is 28.1 Å². The van der Waals surface area contributed by atoms with Crippen LogP contribution >= 0.6 is 11.6 Å². The number of aliphatic hydroxyl groups is 1. The van der Waals surface area contributed by atoms with Gasteiger partial charge in [-0.05, 0) is 55.4 Å². The number of ether oxygens (including phenoxy) is 1. The van der Waals surface area contributed by atoms with Crippen molar-refractivity contribution < 1.29 is 9.84 Å². The monoisotopic (exact) mass is 486 g/mol. The Morgan fingerprint density at radius 2 is 1.60 bits per heavy atom. The molecule has 4 aromatic rings. The average molecular weight is 487 g/mol. The maximum absolute atomic E-state index is 12.6. The van der Waals surface area contributed by atoms with Crippen molar-refractivity contribution >= 4 is 11.6 Å². The van der Waals surface area contributed by atoms with Crippen molar-refractivity contribution in [3.63, 3.8) is 0 Å². The largest absolute Gasteiger partial charge is 0.481 e. The van der Waals surface area contributed by atoms with Gasteiger partial charge in [-0.15, -0.1) is 0 Å². The van der Waals surface area contributed by atoms with Gasteiger partial charge in [-0.1, -0.05) is 84.4 Å². The zero-order valence-corrected chi connectivity index (χ0v) is 21.1. The van der Waals surface area contributed by atoms with E-state index in [1.807, 2.05) is 93.1 Å². The highest BCUT2D eigenvalue weighted by Crippen LogP contribution is 2.47. The van der Waals surface area contributed by atoms with Gasteiger partial charge in [-0.2, -0.15) is 0 Å². The molecule has 35 heavy (non-hydrogen) atoms. The maximum Gasteiger partial charge on any atom is 0.217 e. The summed E-state index contributed by atoms with van der Waals surface area (Å²) in [7, 11) is 5.64. The Kier molecular flexibility index (Phi) is 7.86. The summed E-state index contributed by atoms with van der Waals surface area (Å²) in [6.07, 6.45) is 2.31. The van der Waals surface area contributed by atoms with Gasteiger partial charge in [-0.25, -0.2) is 4.98 Å². The molecule has 0 bridgehead atoms. The summed E-state index contributed by atoms with van der Waals surface area (Å²) in [6, 6.07) is 29.7. The van der Waals surface area contributed by atoms with Crippen LogP contribution in [0.15, 0.2) is 97.2 Å². The molecular formula is C30H31ClN2O2. The minimum Gasteiger partial charge on any atom is -0.481 e. The predicted molar refractivity (Wildman–Crippen MR) is 143 cm³/mol. The van der Waals surface area contributed by atoms with Crippen molar-refractivity contribution in [2.24, 2.45) is 0 Å². The van der Waals surface area contributed by atoms with Crippen LogP contribution in [0.25, 0.3) is 11.1 Å². The Morgan fingerprint density at radius 1 is 0.914 bits per heavy atom. The van der Waals surface area contributed by atoms with Gasteiger partial charge in [-0.3, -0.25) is 0 Å². The molecule has 2 atom stereocenters. The normalized spacial score (nSPS) is 13.9. The summed E-state index contributed by atoms with van der Waals surface area (Å²) in [5.74, 6) is 0.00327. The van der Waals surface area contributed by atoms with Crippen LogP contribution in [-0.2, 0) is 5.60 Å². The second-order valence-electron chi connectivity index (χ2n) is 9.02. The third-order valence-corrected chi connectivity index (χ3v) is 6.60. The standard InChI is InChI=1S/C30H31ClN2O2/c1-33(2)18-17-30(34,25-14-8-5-9-15-25)28(23-13-10-16-26(31)19-23)27-20-24(21-32-29(27)35-3)22-11-6-4-7-12-22/h4-16,19-21,28,34H,17-18H2,1-3H3. The Bertz CT molecular complexity index is 1250. The smallest absolute Gasteiger partial charge is 0.217 e. The molecule has 180 valence electrons. The molecule has 0 saturated heterocycles. The van der Waals surface area contributed by atoms with E-state index in [-0.39, 0.29) is 0 Å². The van der Waals surface area contributed by atoms with Crippen LogP contribution < -0.4 is 4.74 Å². The number of benzene rings is 3.